The Hall–Kier alpha value is -1.38. The molecule has 1 saturated heterocycles. The first-order valence-electron chi connectivity index (χ1n) is 6.28. The van der Waals surface area contributed by atoms with Crippen LogP contribution in [0.1, 0.15) is 0 Å². The smallest absolute Gasteiger partial charge is 0.157 e. The summed E-state index contributed by atoms with van der Waals surface area (Å²) in [6.45, 7) is -0.453. The van der Waals surface area contributed by atoms with Crippen molar-refractivity contribution >= 4 is 5.69 Å². The van der Waals surface area contributed by atoms with E-state index in [-0.39, 0.29) is 0 Å². The zero-order valence-electron chi connectivity index (χ0n) is 11.0. The molecule has 1 fully saturated rings. The lowest BCUT2D eigenvalue weighted by Gasteiger charge is -2.40. The lowest BCUT2D eigenvalue weighted by Crippen LogP contribution is -2.60. The Kier molecular flexibility index (Phi) is 4.79. The summed E-state index contributed by atoms with van der Waals surface area (Å²) in [6.07, 6.45) is -5.92. The standard InChI is InChI=1S/C13H19NO6/c1-19-8-4-2-7(3-5-8)14-13-12(18)11(17)10(16)9(6-15)20-13/h2-5,9-18H,6H2,1H3. The fraction of sp³-hybridized carbons (Fsp3) is 0.538. The first kappa shape index (κ1) is 15.0. The van der Waals surface area contributed by atoms with E-state index in [2.05, 4.69) is 5.32 Å². The van der Waals surface area contributed by atoms with E-state index >= 15 is 0 Å². The fourth-order valence-corrected chi connectivity index (χ4v) is 2.07. The molecule has 5 unspecified atom stereocenters. The molecule has 0 radical (unpaired) electrons. The number of hydrogen-bond acceptors (Lipinski definition) is 7. The molecule has 112 valence electrons. The number of aliphatic hydroxyl groups is 4. The SMILES string of the molecule is COc1ccc(NC2OC(CO)C(O)C(O)C2O)cc1. The third-order valence-electron chi connectivity index (χ3n) is 3.29. The molecule has 2 rings (SSSR count). The van der Waals surface area contributed by atoms with Gasteiger partial charge in [0, 0.05) is 5.69 Å². The Morgan fingerprint density at radius 3 is 2.30 bits per heavy atom. The van der Waals surface area contributed by atoms with E-state index in [4.69, 9.17) is 14.6 Å². The summed E-state index contributed by atoms with van der Waals surface area (Å²) in [4.78, 5) is 0. The molecular weight excluding hydrogens is 266 g/mol. The van der Waals surface area contributed by atoms with Gasteiger partial charge >= 0.3 is 0 Å². The van der Waals surface area contributed by atoms with Crippen molar-refractivity contribution in [3.8, 4) is 5.75 Å². The first-order valence-corrected chi connectivity index (χ1v) is 6.28. The third-order valence-corrected chi connectivity index (χ3v) is 3.29. The molecule has 0 spiro atoms. The van der Waals surface area contributed by atoms with Gasteiger partial charge in [0.2, 0.25) is 0 Å². The molecule has 0 bridgehead atoms. The molecule has 0 saturated carbocycles. The maximum Gasteiger partial charge on any atom is 0.157 e. The van der Waals surface area contributed by atoms with Crippen LogP contribution < -0.4 is 10.1 Å². The minimum absolute atomic E-state index is 0.453. The number of benzene rings is 1. The molecule has 1 aromatic rings. The van der Waals surface area contributed by atoms with Crippen molar-refractivity contribution in [2.24, 2.45) is 0 Å². The zero-order chi connectivity index (χ0) is 14.7. The molecule has 0 aromatic heterocycles. The van der Waals surface area contributed by atoms with Gasteiger partial charge < -0.3 is 35.2 Å². The molecule has 0 aliphatic carbocycles. The minimum atomic E-state index is -1.39. The fourth-order valence-electron chi connectivity index (χ4n) is 2.07. The van der Waals surface area contributed by atoms with Gasteiger partial charge in [-0.25, -0.2) is 0 Å². The monoisotopic (exact) mass is 285 g/mol. The van der Waals surface area contributed by atoms with Crippen molar-refractivity contribution in [3.63, 3.8) is 0 Å². The van der Waals surface area contributed by atoms with Gasteiger partial charge in [-0.3, -0.25) is 0 Å². The van der Waals surface area contributed by atoms with Gasteiger partial charge in [0.1, 0.15) is 30.2 Å². The number of rotatable bonds is 4. The van der Waals surface area contributed by atoms with Crippen molar-refractivity contribution in [3.05, 3.63) is 24.3 Å². The van der Waals surface area contributed by atoms with Crippen LogP contribution in [0, 0.1) is 0 Å². The van der Waals surface area contributed by atoms with E-state index in [1.165, 1.54) is 0 Å². The second-order valence-electron chi connectivity index (χ2n) is 4.62. The van der Waals surface area contributed by atoms with Crippen LogP contribution in [0.5, 0.6) is 5.75 Å². The predicted molar refractivity (Wildman–Crippen MR) is 70.4 cm³/mol. The lowest BCUT2D eigenvalue weighted by atomic mass is 9.98. The highest BCUT2D eigenvalue weighted by atomic mass is 16.6. The molecular formula is C13H19NO6. The summed E-state index contributed by atoms with van der Waals surface area (Å²) < 4.78 is 10.4. The lowest BCUT2D eigenvalue weighted by molar-refractivity contribution is -0.221. The van der Waals surface area contributed by atoms with E-state index in [0.717, 1.165) is 0 Å². The summed E-state index contributed by atoms with van der Waals surface area (Å²) in [5.74, 6) is 0.685. The molecule has 7 nitrogen and oxygen atoms in total. The number of methoxy groups -OCH3 is 1. The molecule has 1 heterocycles. The Bertz CT molecular complexity index is 423. The highest BCUT2D eigenvalue weighted by molar-refractivity contribution is 5.47. The van der Waals surface area contributed by atoms with Crippen LogP contribution in [-0.2, 0) is 4.74 Å². The second-order valence-corrected chi connectivity index (χ2v) is 4.62. The van der Waals surface area contributed by atoms with E-state index in [9.17, 15) is 15.3 Å². The highest BCUT2D eigenvalue weighted by Crippen LogP contribution is 2.23. The quantitative estimate of drug-likeness (QED) is 0.478. The molecule has 1 aromatic carbocycles. The predicted octanol–water partition coefficient (Wildman–Crippen LogP) is -1.09. The van der Waals surface area contributed by atoms with Gasteiger partial charge in [-0.1, -0.05) is 0 Å². The number of anilines is 1. The minimum Gasteiger partial charge on any atom is -0.497 e. The van der Waals surface area contributed by atoms with Crippen LogP contribution in [0.2, 0.25) is 0 Å². The average molecular weight is 285 g/mol. The van der Waals surface area contributed by atoms with E-state index in [1.807, 2.05) is 0 Å². The number of aliphatic hydroxyl groups excluding tert-OH is 4. The molecule has 1 aliphatic rings. The average Bonchev–Trinajstić information content (AvgIpc) is 2.48. The summed E-state index contributed by atoms with van der Waals surface area (Å²) >= 11 is 0. The molecule has 20 heavy (non-hydrogen) atoms. The van der Waals surface area contributed by atoms with Crippen LogP contribution in [0.15, 0.2) is 24.3 Å². The Labute approximate surface area is 116 Å². The molecule has 0 amide bonds. The molecule has 7 heteroatoms. The van der Waals surface area contributed by atoms with Crippen molar-refractivity contribution in [2.75, 3.05) is 19.0 Å². The van der Waals surface area contributed by atoms with Crippen molar-refractivity contribution in [1.29, 1.82) is 0 Å². The van der Waals surface area contributed by atoms with Crippen LogP contribution in [0.3, 0.4) is 0 Å². The van der Waals surface area contributed by atoms with Gasteiger partial charge in [0.05, 0.1) is 13.7 Å². The topological polar surface area (TPSA) is 111 Å². The summed E-state index contributed by atoms with van der Waals surface area (Å²) in [5.41, 5.74) is 0.648. The summed E-state index contributed by atoms with van der Waals surface area (Å²) in [5, 5.41) is 41.2. The van der Waals surface area contributed by atoms with Crippen molar-refractivity contribution in [1.82, 2.24) is 0 Å². The Morgan fingerprint density at radius 2 is 1.75 bits per heavy atom. The van der Waals surface area contributed by atoms with E-state index in [0.29, 0.717) is 11.4 Å². The third kappa shape index (κ3) is 3.02. The number of nitrogens with one attached hydrogen (secondary N) is 1. The van der Waals surface area contributed by atoms with Crippen LogP contribution >= 0.6 is 0 Å². The van der Waals surface area contributed by atoms with E-state index in [1.54, 1.807) is 31.4 Å². The maximum absolute atomic E-state index is 9.88. The second kappa shape index (κ2) is 6.38. The largest absolute Gasteiger partial charge is 0.497 e. The zero-order valence-corrected chi connectivity index (χ0v) is 11.0. The van der Waals surface area contributed by atoms with Gasteiger partial charge in [-0.15, -0.1) is 0 Å². The van der Waals surface area contributed by atoms with Crippen LogP contribution in [0.4, 0.5) is 5.69 Å². The Balaban J connectivity index is 2.06. The van der Waals surface area contributed by atoms with Crippen LogP contribution in [-0.4, -0.2) is 64.8 Å². The molecule has 1 aliphatic heterocycles. The van der Waals surface area contributed by atoms with Crippen molar-refractivity contribution in [2.45, 2.75) is 30.6 Å². The van der Waals surface area contributed by atoms with E-state index < -0.39 is 37.3 Å². The number of hydrogen-bond donors (Lipinski definition) is 5. The highest BCUT2D eigenvalue weighted by Gasteiger charge is 2.43. The normalized spacial score (nSPS) is 33.8. The summed E-state index contributed by atoms with van der Waals surface area (Å²) in [7, 11) is 1.56. The number of ether oxygens (including phenoxy) is 2. The first-order chi connectivity index (χ1) is 9.56. The van der Waals surface area contributed by atoms with Gasteiger partial charge in [0.15, 0.2) is 6.23 Å². The maximum atomic E-state index is 9.88. The molecule has 5 N–H and O–H groups in total. The van der Waals surface area contributed by atoms with Crippen LogP contribution in [0.25, 0.3) is 0 Å². The van der Waals surface area contributed by atoms with Gasteiger partial charge in [-0.2, -0.15) is 0 Å². The van der Waals surface area contributed by atoms with Crippen molar-refractivity contribution < 1.29 is 29.9 Å². The Morgan fingerprint density at radius 1 is 1.10 bits per heavy atom. The van der Waals surface area contributed by atoms with Gasteiger partial charge in [0.25, 0.3) is 0 Å². The molecule has 5 atom stereocenters. The summed E-state index contributed by atoms with van der Waals surface area (Å²) in [6, 6.07) is 6.90. The van der Waals surface area contributed by atoms with Gasteiger partial charge in [-0.05, 0) is 24.3 Å².